The molecule has 1 atom stereocenters. The van der Waals surface area contributed by atoms with Crippen LogP contribution >= 0.6 is 0 Å². The largest absolute Gasteiger partial charge is 0.495 e. The highest BCUT2D eigenvalue weighted by atomic mass is 16.5. The van der Waals surface area contributed by atoms with Gasteiger partial charge < -0.3 is 15.4 Å². The number of nitrogens with one attached hydrogen (secondary N) is 2. The molecule has 2 N–H and O–H groups in total. The third-order valence-electron chi connectivity index (χ3n) is 5.95. The maximum atomic E-state index is 13.6. The van der Waals surface area contributed by atoms with Gasteiger partial charge in [-0.25, -0.2) is 4.68 Å². The van der Waals surface area contributed by atoms with Crippen molar-refractivity contribution >= 4 is 17.5 Å². The number of nitrogens with zero attached hydrogens (tertiary/aromatic N) is 3. The minimum Gasteiger partial charge on any atom is -0.495 e. The van der Waals surface area contributed by atoms with Crippen molar-refractivity contribution in [1.29, 1.82) is 0 Å². The molecule has 1 aromatic heterocycles. The van der Waals surface area contributed by atoms with E-state index in [0.717, 1.165) is 22.4 Å². The van der Waals surface area contributed by atoms with Gasteiger partial charge in [0.15, 0.2) is 5.82 Å². The van der Waals surface area contributed by atoms with Gasteiger partial charge in [-0.05, 0) is 37.1 Å². The first-order chi connectivity index (χ1) is 16.6. The molecule has 0 bridgehead atoms. The van der Waals surface area contributed by atoms with Gasteiger partial charge >= 0.3 is 0 Å². The maximum absolute atomic E-state index is 13.6. The van der Waals surface area contributed by atoms with Gasteiger partial charge in [0.1, 0.15) is 11.8 Å². The van der Waals surface area contributed by atoms with E-state index in [-0.39, 0.29) is 5.91 Å². The van der Waals surface area contributed by atoms with Crippen molar-refractivity contribution in [1.82, 2.24) is 14.8 Å². The fraction of sp³-hybridized carbons (Fsp3) is 0.148. The zero-order chi connectivity index (χ0) is 23.7. The Balaban J connectivity index is 1.60. The SMILES string of the molecule is COc1ccccc1NC(=O)C1=C(C)Nc2nc(-c3ccccc3C)nn2C1c1ccccc1. The molecule has 2 heterocycles. The summed E-state index contributed by atoms with van der Waals surface area (Å²) in [6, 6.07) is 24.8. The van der Waals surface area contributed by atoms with Crippen LogP contribution in [0.3, 0.4) is 0 Å². The summed E-state index contributed by atoms with van der Waals surface area (Å²) in [5, 5.41) is 11.2. The van der Waals surface area contributed by atoms with E-state index in [1.165, 1.54) is 0 Å². The zero-order valence-corrected chi connectivity index (χ0v) is 19.2. The van der Waals surface area contributed by atoms with E-state index in [0.29, 0.717) is 28.8 Å². The quantitative estimate of drug-likeness (QED) is 0.436. The predicted octanol–water partition coefficient (Wildman–Crippen LogP) is 5.19. The number of aryl methyl sites for hydroxylation is 1. The number of ether oxygens (including phenoxy) is 1. The molecule has 1 aliphatic heterocycles. The molecule has 0 aliphatic carbocycles. The lowest BCUT2D eigenvalue weighted by Crippen LogP contribution is -2.31. The lowest BCUT2D eigenvalue weighted by Gasteiger charge is -2.28. The Hall–Kier alpha value is -4.39. The highest BCUT2D eigenvalue weighted by Gasteiger charge is 2.34. The molecule has 0 fully saturated rings. The Morgan fingerprint density at radius 2 is 1.68 bits per heavy atom. The van der Waals surface area contributed by atoms with Crippen LogP contribution in [-0.2, 0) is 4.79 Å². The molecule has 170 valence electrons. The van der Waals surface area contributed by atoms with Crippen LogP contribution in [0.2, 0.25) is 0 Å². The minimum absolute atomic E-state index is 0.234. The van der Waals surface area contributed by atoms with Gasteiger partial charge in [-0.15, -0.1) is 5.10 Å². The molecule has 3 aromatic carbocycles. The molecular weight excluding hydrogens is 426 g/mol. The van der Waals surface area contributed by atoms with Crippen molar-refractivity contribution in [2.45, 2.75) is 19.9 Å². The zero-order valence-electron chi connectivity index (χ0n) is 19.2. The van der Waals surface area contributed by atoms with Gasteiger partial charge in [0.2, 0.25) is 5.95 Å². The Bertz CT molecular complexity index is 1390. The molecule has 1 aliphatic rings. The number of carbonyl (C=O) groups is 1. The van der Waals surface area contributed by atoms with Gasteiger partial charge in [-0.2, -0.15) is 4.98 Å². The summed E-state index contributed by atoms with van der Waals surface area (Å²) in [6.45, 7) is 3.92. The van der Waals surface area contributed by atoms with E-state index >= 15 is 0 Å². The molecule has 7 nitrogen and oxygen atoms in total. The first kappa shape index (κ1) is 21.5. The van der Waals surface area contributed by atoms with Crippen LogP contribution in [0.15, 0.2) is 90.1 Å². The topological polar surface area (TPSA) is 81.1 Å². The summed E-state index contributed by atoms with van der Waals surface area (Å²) in [7, 11) is 1.58. The molecule has 1 unspecified atom stereocenters. The van der Waals surface area contributed by atoms with Gasteiger partial charge in [0.05, 0.1) is 18.4 Å². The van der Waals surface area contributed by atoms with E-state index in [9.17, 15) is 4.79 Å². The molecule has 0 saturated carbocycles. The highest BCUT2D eigenvalue weighted by Crippen LogP contribution is 2.37. The van der Waals surface area contributed by atoms with Crippen molar-refractivity contribution in [2.24, 2.45) is 0 Å². The number of anilines is 2. The maximum Gasteiger partial charge on any atom is 0.255 e. The minimum atomic E-state index is -0.447. The normalized spacial score (nSPS) is 14.9. The molecule has 0 spiro atoms. The van der Waals surface area contributed by atoms with E-state index < -0.39 is 6.04 Å². The molecule has 5 rings (SSSR count). The first-order valence-electron chi connectivity index (χ1n) is 11.1. The van der Waals surface area contributed by atoms with Crippen molar-refractivity contribution in [2.75, 3.05) is 17.7 Å². The third-order valence-corrected chi connectivity index (χ3v) is 5.95. The molecule has 7 heteroatoms. The molecule has 34 heavy (non-hydrogen) atoms. The second-order valence-corrected chi connectivity index (χ2v) is 8.15. The van der Waals surface area contributed by atoms with E-state index in [1.807, 2.05) is 92.7 Å². The number of carbonyl (C=O) groups excluding carboxylic acids is 1. The first-order valence-corrected chi connectivity index (χ1v) is 11.1. The van der Waals surface area contributed by atoms with Gasteiger partial charge in [-0.3, -0.25) is 4.79 Å². The van der Waals surface area contributed by atoms with Crippen LogP contribution in [0.5, 0.6) is 5.75 Å². The monoisotopic (exact) mass is 451 g/mol. The Labute approximate surface area is 198 Å². The van der Waals surface area contributed by atoms with Crippen molar-refractivity contribution in [3.63, 3.8) is 0 Å². The number of methoxy groups -OCH3 is 1. The number of fused-ring (bicyclic) bond motifs is 1. The summed E-state index contributed by atoms with van der Waals surface area (Å²) >= 11 is 0. The van der Waals surface area contributed by atoms with Gasteiger partial charge in [0, 0.05) is 11.3 Å². The van der Waals surface area contributed by atoms with Gasteiger partial charge in [-0.1, -0.05) is 66.7 Å². The highest BCUT2D eigenvalue weighted by molar-refractivity contribution is 6.06. The average molecular weight is 452 g/mol. The summed E-state index contributed by atoms with van der Waals surface area (Å²) < 4.78 is 7.21. The number of aromatic nitrogens is 3. The van der Waals surface area contributed by atoms with Gasteiger partial charge in [0.25, 0.3) is 5.91 Å². The van der Waals surface area contributed by atoms with Crippen LogP contribution in [0.4, 0.5) is 11.6 Å². The van der Waals surface area contributed by atoms with E-state index in [1.54, 1.807) is 11.8 Å². The van der Waals surface area contributed by atoms with Crippen molar-refractivity contribution < 1.29 is 9.53 Å². The summed E-state index contributed by atoms with van der Waals surface area (Å²) in [6.07, 6.45) is 0. The Morgan fingerprint density at radius 1 is 0.971 bits per heavy atom. The van der Waals surface area contributed by atoms with Crippen LogP contribution in [-0.4, -0.2) is 27.8 Å². The fourth-order valence-corrected chi connectivity index (χ4v) is 4.26. The van der Waals surface area contributed by atoms with E-state index in [2.05, 4.69) is 10.6 Å². The van der Waals surface area contributed by atoms with Crippen molar-refractivity contribution in [3.05, 3.63) is 101 Å². The number of amides is 1. The van der Waals surface area contributed by atoms with Crippen LogP contribution in [0.25, 0.3) is 11.4 Å². The van der Waals surface area contributed by atoms with Crippen LogP contribution in [0, 0.1) is 6.92 Å². The Kier molecular flexibility index (Phi) is 5.59. The summed E-state index contributed by atoms with van der Waals surface area (Å²) in [5.41, 5.74) is 4.86. The third kappa shape index (κ3) is 3.81. The molecule has 1 amide bonds. The smallest absolute Gasteiger partial charge is 0.255 e. The average Bonchev–Trinajstić information content (AvgIpc) is 3.27. The number of rotatable bonds is 5. The second-order valence-electron chi connectivity index (χ2n) is 8.15. The number of hydrogen-bond acceptors (Lipinski definition) is 5. The Morgan fingerprint density at radius 3 is 2.44 bits per heavy atom. The standard InChI is InChI=1S/C27H25N5O2/c1-17-11-7-8-14-20(17)25-30-27-28-18(2)23(24(32(27)31-25)19-12-5-4-6-13-19)26(33)29-21-15-9-10-16-22(21)34-3/h4-16,24H,1-3H3,(H,29,33)(H,28,30,31). The summed E-state index contributed by atoms with van der Waals surface area (Å²) in [4.78, 5) is 18.4. The molecule has 4 aromatic rings. The van der Waals surface area contributed by atoms with Crippen LogP contribution in [0.1, 0.15) is 24.1 Å². The molecule has 0 radical (unpaired) electrons. The van der Waals surface area contributed by atoms with Crippen molar-refractivity contribution in [3.8, 4) is 17.1 Å². The fourth-order valence-electron chi connectivity index (χ4n) is 4.26. The molecular formula is C27H25N5O2. The summed E-state index contributed by atoms with van der Waals surface area (Å²) in [5.74, 6) is 1.57. The lowest BCUT2D eigenvalue weighted by molar-refractivity contribution is -0.113. The number of para-hydroxylation sites is 2. The number of allylic oxidation sites excluding steroid dienone is 1. The molecule has 0 saturated heterocycles. The number of hydrogen-bond donors (Lipinski definition) is 2. The van der Waals surface area contributed by atoms with E-state index in [4.69, 9.17) is 14.8 Å². The second kappa shape index (κ2) is 8.86. The lowest BCUT2D eigenvalue weighted by atomic mass is 9.95. The number of benzene rings is 3. The van der Waals surface area contributed by atoms with Crippen LogP contribution < -0.4 is 15.4 Å². The predicted molar refractivity (Wildman–Crippen MR) is 133 cm³/mol.